The Morgan fingerprint density at radius 1 is 1.18 bits per heavy atom. The molecule has 0 aromatic rings. The molecule has 17 heavy (non-hydrogen) atoms. The number of carbonyl (C=O) groups excluding carboxylic acids is 2. The van der Waals surface area contributed by atoms with Gasteiger partial charge < -0.3 is 14.0 Å². The lowest BCUT2D eigenvalue weighted by Crippen LogP contribution is -2.38. The molecule has 0 N–H and O–H groups in total. The van der Waals surface area contributed by atoms with E-state index in [1.807, 2.05) is 21.1 Å². The van der Waals surface area contributed by atoms with Gasteiger partial charge >= 0.3 is 5.97 Å². The maximum absolute atomic E-state index is 11.3. The number of allylic oxidation sites excluding steroid dienone is 1. The lowest BCUT2D eigenvalue weighted by molar-refractivity contribution is -0.870. The van der Waals surface area contributed by atoms with E-state index in [1.54, 1.807) is 0 Å². The molecule has 0 saturated carbocycles. The minimum Gasteiger partial charge on any atom is -0.494 e. The summed E-state index contributed by atoms with van der Waals surface area (Å²) in [7, 11) is 7.42. The fraction of sp³-hybridized carbons (Fsp3) is 0.667. The van der Waals surface area contributed by atoms with Crippen molar-refractivity contribution in [1.82, 2.24) is 0 Å². The van der Waals surface area contributed by atoms with E-state index < -0.39 is 0 Å². The normalized spacial score (nSPS) is 10.8. The Morgan fingerprint density at radius 2 is 1.76 bits per heavy atom. The summed E-state index contributed by atoms with van der Waals surface area (Å²) >= 11 is 0. The van der Waals surface area contributed by atoms with E-state index in [4.69, 9.17) is 4.74 Å². The molecule has 0 aromatic heterocycles. The molecule has 0 amide bonds. The van der Waals surface area contributed by atoms with Crippen LogP contribution >= 0.6 is 0 Å². The number of carbonyl (C=O) groups is 2. The van der Waals surface area contributed by atoms with Gasteiger partial charge in [0.1, 0.15) is 13.2 Å². The molecule has 98 valence electrons. The van der Waals surface area contributed by atoms with Crippen LogP contribution in [0.15, 0.2) is 12.3 Å². The predicted molar refractivity (Wildman–Crippen MR) is 64.2 cm³/mol. The third-order valence-corrected chi connectivity index (χ3v) is 2.14. The van der Waals surface area contributed by atoms with Gasteiger partial charge in [0.2, 0.25) is 0 Å². The second-order valence-electron chi connectivity index (χ2n) is 4.78. The third-order valence-electron chi connectivity index (χ3n) is 2.14. The summed E-state index contributed by atoms with van der Waals surface area (Å²) in [6.45, 7) is 4.52. The van der Waals surface area contributed by atoms with E-state index in [0.29, 0.717) is 6.61 Å². The van der Waals surface area contributed by atoms with Crippen LogP contribution < -0.4 is 0 Å². The molecule has 0 atom stereocenters. The number of rotatable bonds is 8. The van der Waals surface area contributed by atoms with Gasteiger partial charge in [-0.25, -0.2) is 0 Å². The predicted octanol–water partition coefficient (Wildman–Crippen LogP) is 0.745. The summed E-state index contributed by atoms with van der Waals surface area (Å²) in [5, 5.41) is 0. The van der Waals surface area contributed by atoms with Crippen LogP contribution in [-0.4, -0.2) is 57.6 Å². The van der Waals surface area contributed by atoms with Crippen molar-refractivity contribution in [3.8, 4) is 0 Å². The first kappa shape index (κ1) is 15.6. The maximum atomic E-state index is 11.3. The second-order valence-corrected chi connectivity index (χ2v) is 4.78. The van der Waals surface area contributed by atoms with E-state index in [2.05, 4.69) is 11.3 Å². The molecular weight excluding hydrogens is 222 g/mol. The highest BCUT2D eigenvalue weighted by Crippen LogP contribution is 2.02. The molecule has 0 bridgehead atoms. The number of Topliss-reactive ketones (excluding diaryl/α,β-unsaturated/α-hetero) is 1. The zero-order chi connectivity index (χ0) is 13.5. The molecule has 0 fully saturated rings. The zero-order valence-electron chi connectivity index (χ0n) is 11.1. The fourth-order valence-corrected chi connectivity index (χ4v) is 0.974. The molecule has 5 nitrogen and oxygen atoms in total. The van der Waals surface area contributed by atoms with E-state index in [0.717, 1.165) is 11.0 Å². The summed E-state index contributed by atoms with van der Waals surface area (Å²) in [5.74, 6) is -0.559. The summed E-state index contributed by atoms with van der Waals surface area (Å²) < 4.78 is 10.4. The highest BCUT2D eigenvalue weighted by Gasteiger charge is 2.13. The molecule has 0 spiro atoms. The van der Waals surface area contributed by atoms with Crippen LogP contribution in [0.3, 0.4) is 0 Å². The number of quaternary nitrogens is 1. The van der Waals surface area contributed by atoms with Crippen molar-refractivity contribution in [3.05, 3.63) is 12.3 Å². The van der Waals surface area contributed by atoms with Gasteiger partial charge in [0.15, 0.2) is 11.5 Å². The van der Waals surface area contributed by atoms with Crippen molar-refractivity contribution in [2.45, 2.75) is 12.8 Å². The number of nitrogens with zero attached hydrogens (tertiary/aromatic N) is 1. The minimum atomic E-state index is -0.365. The first-order valence-corrected chi connectivity index (χ1v) is 5.48. The van der Waals surface area contributed by atoms with Crippen molar-refractivity contribution in [2.75, 3.05) is 41.4 Å². The average Bonchev–Trinajstić information content (AvgIpc) is 2.22. The fourth-order valence-electron chi connectivity index (χ4n) is 0.974. The summed E-state index contributed by atoms with van der Waals surface area (Å²) in [6, 6.07) is 0. The van der Waals surface area contributed by atoms with Gasteiger partial charge in [-0.05, 0) is 0 Å². The lowest BCUT2D eigenvalue weighted by Gasteiger charge is -2.23. The molecule has 0 rings (SSSR count). The number of ether oxygens (including phenoxy) is 2. The Balaban J connectivity index is 3.74. The van der Waals surface area contributed by atoms with Crippen LogP contribution in [0, 0.1) is 0 Å². The number of methoxy groups -OCH3 is 1. The van der Waals surface area contributed by atoms with Crippen molar-refractivity contribution in [2.24, 2.45) is 0 Å². The van der Waals surface area contributed by atoms with Gasteiger partial charge in [0, 0.05) is 6.42 Å². The van der Waals surface area contributed by atoms with Crippen molar-refractivity contribution < 1.29 is 23.5 Å². The van der Waals surface area contributed by atoms with Crippen LogP contribution in [0.2, 0.25) is 0 Å². The standard InChI is InChI=1S/C12H22NO4/c1-10(16-5)11(14)6-7-12(15)17-9-8-13(2,3)4/h1,6-9H2,2-5H3/q+1. The van der Waals surface area contributed by atoms with Crippen molar-refractivity contribution >= 4 is 11.8 Å². The molecule has 0 unspecified atom stereocenters. The van der Waals surface area contributed by atoms with Crippen molar-refractivity contribution in [1.29, 1.82) is 0 Å². The quantitative estimate of drug-likeness (QED) is 0.273. The second kappa shape index (κ2) is 7.06. The van der Waals surface area contributed by atoms with Crippen LogP contribution in [0.25, 0.3) is 0 Å². The minimum absolute atomic E-state index is 0.0678. The highest BCUT2D eigenvalue weighted by atomic mass is 16.5. The van der Waals surface area contributed by atoms with Gasteiger partial charge in [-0.2, -0.15) is 0 Å². The number of hydrogen-bond acceptors (Lipinski definition) is 4. The van der Waals surface area contributed by atoms with Gasteiger partial charge in [-0.3, -0.25) is 9.59 Å². The van der Waals surface area contributed by atoms with E-state index in [-0.39, 0.29) is 30.4 Å². The maximum Gasteiger partial charge on any atom is 0.306 e. The van der Waals surface area contributed by atoms with Gasteiger partial charge in [0.25, 0.3) is 0 Å². The van der Waals surface area contributed by atoms with E-state index in [1.165, 1.54) is 7.11 Å². The number of esters is 1. The average molecular weight is 244 g/mol. The molecule has 0 aromatic carbocycles. The molecule has 0 radical (unpaired) electrons. The monoisotopic (exact) mass is 244 g/mol. The molecule has 0 heterocycles. The SMILES string of the molecule is C=C(OC)C(=O)CCC(=O)OCC[N+](C)(C)C. The summed E-state index contributed by atoms with van der Waals surface area (Å²) in [5.41, 5.74) is 0. The molecule has 0 aliphatic rings. The Morgan fingerprint density at radius 3 is 2.24 bits per heavy atom. The largest absolute Gasteiger partial charge is 0.494 e. The summed E-state index contributed by atoms with van der Waals surface area (Å²) in [6.07, 6.45) is 0.147. The Labute approximate surface area is 103 Å². The summed E-state index contributed by atoms with van der Waals surface area (Å²) in [4.78, 5) is 22.6. The van der Waals surface area contributed by atoms with E-state index >= 15 is 0 Å². The van der Waals surface area contributed by atoms with Gasteiger partial charge in [-0.1, -0.05) is 6.58 Å². The topological polar surface area (TPSA) is 52.6 Å². The van der Waals surface area contributed by atoms with Gasteiger partial charge in [-0.15, -0.1) is 0 Å². The van der Waals surface area contributed by atoms with Gasteiger partial charge in [0.05, 0.1) is 34.7 Å². The van der Waals surface area contributed by atoms with Crippen molar-refractivity contribution in [3.63, 3.8) is 0 Å². The Kier molecular flexibility index (Phi) is 6.50. The van der Waals surface area contributed by atoms with Crippen LogP contribution in [0.1, 0.15) is 12.8 Å². The first-order chi connectivity index (χ1) is 7.76. The van der Waals surface area contributed by atoms with E-state index in [9.17, 15) is 9.59 Å². The number of hydrogen-bond donors (Lipinski definition) is 0. The molecular formula is C12H22NO4+. The van der Waals surface area contributed by atoms with Crippen LogP contribution in [0.4, 0.5) is 0 Å². The zero-order valence-corrected chi connectivity index (χ0v) is 11.1. The number of likely N-dealkylation sites (N-methyl/N-ethyl adjacent to an activating group) is 1. The molecule has 0 aliphatic carbocycles. The Hall–Kier alpha value is -1.36. The third kappa shape index (κ3) is 8.45. The molecule has 0 aliphatic heterocycles. The highest BCUT2D eigenvalue weighted by molar-refractivity contribution is 5.94. The molecule has 5 heteroatoms. The number of ketones is 1. The first-order valence-electron chi connectivity index (χ1n) is 5.48. The lowest BCUT2D eigenvalue weighted by atomic mass is 10.2. The Bertz CT molecular complexity index is 291. The van der Waals surface area contributed by atoms with Crippen LogP contribution in [-0.2, 0) is 19.1 Å². The van der Waals surface area contributed by atoms with Crippen LogP contribution in [0.5, 0.6) is 0 Å². The smallest absolute Gasteiger partial charge is 0.306 e. The molecule has 0 saturated heterocycles.